The van der Waals surface area contributed by atoms with Crippen LogP contribution < -0.4 is 10.6 Å². The highest BCUT2D eigenvalue weighted by Gasteiger charge is 2.24. The van der Waals surface area contributed by atoms with Crippen LogP contribution in [0.3, 0.4) is 0 Å². The zero-order valence-corrected chi connectivity index (χ0v) is 11.5. The number of amides is 1. The van der Waals surface area contributed by atoms with E-state index in [1.165, 1.54) is 0 Å². The van der Waals surface area contributed by atoms with E-state index in [4.69, 9.17) is 4.74 Å². The van der Waals surface area contributed by atoms with Crippen LogP contribution in [0.15, 0.2) is 18.3 Å². The van der Waals surface area contributed by atoms with Gasteiger partial charge in [-0.15, -0.1) is 0 Å². The topological polar surface area (TPSA) is 63.2 Å². The fourth-order valence-corrected chi connectivity index (χ4v) is 2.37. The third-order valence-corrected chi connectivity index (χ3v) is 3.43. The van der Waals surface area contributed by atoms with Crippen LogP contribution in [0.5, 0.6) is 0 Å². The zero-order chi connectivity index (χ0) is 13.7. The minimum atomic E-state index is -0.0816. The van der Waals surface area contributed by atoms with Crippen molar-refractivity contribution in [3.8, 4) is 0 Å². The van der Waals surface area contributed by atoms with Gasteiger partial charge in [-0.2, -0.15) is 0 Å². The molecule has 2 rings (SSSR count). The number of rotatable bonds is 5. The van der Waals surface area contributed by atoms with Crippen molar-refractivity contribution < 1.29 is 9.53 Å². The third kappa shape index (κ3) is 3.67. The molecular formula is C14H21N3O2. The van der Waals surface area contributed by atoms with E-state index < -0.39 is 0 Å². The number of nitrogens with zero attached hydrogens (tertiary/aromatic N) is 1. The number of methoxy groups -OCH3 is 1. The second kappa shape index (κ2) is 6.52. The molecule has 5 heteroatoms. The molecule has 1 aliphatic carbocycles. The fourth-order valence-electron chi connectivity index (χ4n) is 2.37. The Hall–Kier alpha value is -1.62. The van der Waals surface area contributed by atoms with Gasteiger partial charge in [0.25, 0.3) is 5.91 Å². The van der Waals surface area contributed by atoms with E-state index in [1.54, 1.807) is 19.4 Å². The molecule has 0 spiro atoms. The van der Waals surface area contributed by atoms with Gasteiger partial charge in [-0.1, -0.05) is 0 Å². The molecule has 5 nitrogen and oxygen atoms in total. The van der Waals surface area contributed by atoms with Crippen LogP contribution in [0.25, 0.3) is 0 Å². The second-order valence-electron chi connectivity index (χ2n) is 4.80. The van der Waals surface area contributed by atoms with Gasteiger partial charge in [0.15, 0.2) is 0 Å². The van der Waals surface area contributed by atoms with E-state index >= 15 is 0 Å². The lowest BCUT2D eigenvalue weighted by Gasteiger charge is -2.13. The molecule has 2 unspecified atom stereocenters. The minimum Gasteiger partial charge on any atom is -0.381 e. The molecule has 0 aromatic carbocycles. The number of ether oxygens (including phenoxy) is 1. The molecule has 104 valence electrons. The first kappa shape index (κ1) is 13.8. The summed E-state index contributed by atoms with van der Waals surface area (Å²) in [6.07, 6.45) is 5.16. The van der Waals surface area contributed by atoms with E-state index in [9.17, 15) is 4.79 Å². The molecular weight excluding hydrogens is 242 g/mol. The Labute approximate surface area is 113 Å². The summed E-state index contributed by atoms with van der Waals surface area (Å²) in [7, 11) is 1.76. The van der Waals surface area contributed by atoms with Gasteiger partial charge in [0.2, 0.25) is 0 Å². The normalized spacial score (nSPS) is 22.2. The summed E-state index contributed by atoms with van der Waals surface area (Å²) in [6, 6.07) is 4.06. The van der Waals surface area contributed by atoms with Crippen LogP contribution in [0.1, 0.15) is 36.5 Å². The van der Waals surface area contributed by atoms with Gasteiger partial charge >= 0.3 is 0 Å². The summed E-state index contributed by atoms with van der Waals surface area (Å²) < 4.78 is 5.34. The van der Waals surface area contributed by atoms with Gasteiger partial charge in [-0.25, -0.2) is 4.98 Å². The number of anilines is 1. The Kier molecular flexibility index (Phi) is 4.74. The maximum Gasteiger partial charge on any atom is 0.252 e. The van der Waals surface area contributed by atoms with Crippen LogP contribution >= 0.6 is 0 Å². The van der Waals surface area contributed by atoms with Crippen molar-refractivity contribution in [3.63, 3.8) is 0 Å². The van der Waals surface area contributed by atoms with E-state index in [0.717, 1.165) is 25.1 Å². The predicted molar refractivity (Wildman–Crippen MR) is 74.3 cm³/mol. The van der Waals surface area contributed by atoms with Crippen molar-refractivity contribution in [3.05, 3.63) is 23.9 Å². The summed E-state index contributed by atoms with van der Waals surface area (Å²) in [5.74, 6) is 0.733. The smallest absolute Gasteiger partial charge is 0.252 e. The lowest BCUT2D eigenvalue weighted by Crippen LogP contribution is -2.23. The highest BCUT2D eigenvalue weighted by atomic mass is 16.5. The van der Waals surface area contributed by atoms with Gasteiger partial charge in [0.05, 0.1) is 11.7 Å². The van der Waals surface area contributed by atoms with Gasteiger partial charge < -0.3 is 15.4 Å². The van der Waals surface area contributed by atoms with Gasteiger partial charge in [0.1, 0.15) is 5.82 Å². The fraction of sp³-hybridized carbons (Fsp3) is 0.571. The molecule has 19 heavy (non-hydrogen) atoms. The molecule has 1 heterocycles. The quantitative estimate of drug-likeness (QED) is 0.850. The maximum atomic E-state index is 11.6. The van der Waals surface area contributed by atoms with Gasteiger partial charge in [0, 0.05) is 25.9 Å². The first-order valence-corrected chi connectivity index (χ1v) is 6.76. The van der Waals surface area contributed by atoms with Crippen molar-refractivity contribution in [1.82, 2.24) is 10.3 Å². The monoisotopic (exact) mass is 263 g/mol. The largest absolute Gasteiger partial charge is 0.381 e. The Morgan fingerprint density at radius 3 is 2.89 bits per heavy atom. The van der Waals surface area contributed by atoms with Crippen molar-refractivity contribution >= 4 is 11.7 Å². The minimum absolute atomic E-state index is 0.0816. The molecule has 0 saturated heterocycles. The zero-order valence-electron chi connectivity index (χ0n) is 11.5. The summed E-state index contributed by atoms with van der Waals surface area (Å²) in [5.41, 5.74) is 0.591. The Morgan fingerprint density at radius 1 is 1.47 bits per heavy atom. The molecule has 1 amide bonds. The first-order chi connectivity index (χ1) is 9.22. The van der Waals surface area contributed by atoms with Crippen molar-refractivity contribution in [2.24, 2.45) is 0 Å². The molecule has 0 aliphatic heterocycles. The maximum absolute atomic E-state index is 11.6. The average Bonchev–Trinajstić information content (AvgIpc) is 2.87. The molecule has 1 aromatic rings. The molecule has 1 fully saturated rings. The molecule has 1 aliphatic rings. The van der Waals surface area contributed by atoms with Gasteiger partial charge in [-0.3, -0.25) is 4.79 Å². The summed E-state index contributed by atoms with van der Waals surface area (Å²) in [6.45, 7) is 2.52. The molecule has 2 N–H and O–H groups in total. The average molecular weight is 263 g/mol. The van der Waals surface area contributed by atoms with Crippen LogP contribution in [0.4, 0.5) is 5.82 Å². The summed E-state index contributed by atoms with van der Waals surface area (Å²) >= 11 is 0. The van der Waals surface area contributed by atoms with Crippen LogP contribution in [-0.4, -0.2) is 36.7 Å². The number of aromatic nitrogens is 1. The van der Waals surface area contributed by atoms with Crippen molar-refractivity contribution in [2.45, 2.75) is 38.3 Å². The Balaban J connectivity index is 1.90. The van der Waals surface area contributed by atoms with Crippen LogP contribution in [-0.2, 0) is 4.74 Å². The number of pyridine rings is 1. The second-order valence-corrected chi connectivity index (χ2v) is 4.80. The molecule has 2 atom stereocenters. The SMILES string of the molecule is CCNC(=O)c1ccc(NC2CCC(OC)C2)nc1. The summed E-state index contributed by atoms with van der Waals surface area (Å²) in [4.78, 5) is 15.9. The van der Waals surface area contributed by atoms with E-state index in [1.807, 2.05) is 13.0 Å². The van der Waals surface area contributed by atoms with Gasteiger partial charge in [-0.05, 0) is 38.3 Å². The van der Waals surface area contributed by atoms with Crippen LogP contribution in [0, 0.1) is 0 Å². The van der Waals surface area contributed by atoms with E-state index in [2.05, 4.69) is 15.6 Å². The number of carbonyl (C=O) groups is 1. The molecule has 1 saturated carbocycles. The van der Waals surface area contributed by atoms with Crippen LogP contribution in [0.2, 0.25) is 0 Å². The highest BCUT2D eigenvalue weighted by molar-refractivity contribution is 5.93. The third-order valence-electron chi connectivity index (χ3n) is 3.43. The predicted octanol–water partition coefficient (Wildman–Crippen LogP) is 1.81. The van der Waals surface area contributed by atoms with Crippen molar-refractivity contribution in [2.75, 3.05) is 19.0 Å². The summed E-state index contributed by atoms with van der Waals surface area (Å²) in [5, 5.41) is 6.13. The number of nitrogens with one attached hydrogen (secondary N) is 2. The number of hydrogen-bond donors (Lipinski definition) is 2. The standard InChI is InChI=1S/C14H21N3O2/c1-3-15-14(18)10-4-7-13(16-9-10)17-11-5-6-12(8-11)19-2/h4,7,9,11-12H,3,5-6,8H2,1-2H3,(H,15,18)(H,16,17). The number of hydrogen-bond acceptors (Lipinski definition) is 4. The first-order valence-electron chi connectivity index (χ1n) is 6.76. The lowest BCUT2D eigenvalue weighted by molar-refractivity contribution is 0.0955. The Morgan fingerprint density at radius 2 is 2.32 bits per heavy atom. The van der Waals surface area contributed by atoms with Crippen molar-refractivity contribution in [1.29, 1.82) is 0 Å². The lowest BCUT2D eigenvalue weighted by atomic mass is 10.2. The number of carbonyl (C=O) groups excluding carboxylic acids is 1. The molecule has 1 aromatic heterocycles. The van der Waals surface area contributed by atoms with E-state index in [0.29, 0.717) is 24.3 Å². The molecule has 0 bridgehead atoms. The highest BCUT2D eigenvalue weighted by Crippen LogP contribution is 2.24. The molecule has 0 radical (unpaired) electrons. The van der Waals surface area contributed by atoms with E-state index in [-0.39, 0.29) is 5.91 Å². The Bertz CT molecular complexity index is 419.